The van der Waals surface area contributed by atoms with E-state index in [2.05, 4.69) is 21.5 Å². The zero-order valence-corrected chi connectivity index (χ0v) is 16.1. The van der Waals surface area contributed by atoms with Crippen LogP contribution in [0.25, 0.3) is 5.65 Å². The second kappa shape index (κ2) is 8.23. The molecule has 0 aliphatic rings. The molecule has 0 fully saturated rings. The molecule has 1 amide bonds. The standard InChI is InChI=1S/C19H21ClN6O/c1-13-17(14(2)26(24-13)9-3-8-21)5-7-19(27)22-10-16-12-25-11-15(20)4-6-18(25)23-16/h4,6,11-12H,3,5,7,9-10H2,1-2H3,(H,22,27). The first-order valence-electron chi connectivity index (χ1n) is 8.77. The number of nitrogens with one attached hydrogen (secondary N) is 1. The van der Waals surface area contributed by atoms with Crippen molar-refractivity contribution in [3.8, 4) is 6.07 Å². The van der Waals surface area contributed by atoms with Gasteiger partial charge in [-0.25, -0.2) is 4.98 Å². The van der Waals surface area contributed by atoms with Gasteiger partial charge in [0, 0.05) is 24.5 Å². The summed E-state index contributed by atoms with van der Waals surface area (Å²) in [5.74, 6) is -0.0336. The van der Waals surface area contributed by atoms with E-state index in [0.717, 1.165) is 28.3 Å². The summed E-state index contributed by atoms with van der Waals surface area (Å²) in [6, 6.07) is 5.75. The molecule has 140 valence electrons. The van der Waals surface area contributed by atoms with E-state index in [1.807, 2.05) is 35.2 Å². The van der Waals surface area contributed by atoms with Crippen molar-refractivity contribution in [1.29, 1.82) is 5.26 Å². The molecule has 0 aromatic carbocycles. The highest BCUT2D eigenvalue weighted by molar-refractivity contribution is 6.30. The number of nitriles is 1. The summed E-state index contributed by atoms with van der Waals surface area (Å²) < 4.78 is 3.68. The Morgan fingerprint density at radius 1 is 1.33 bits per heavy atom. The Morgan fingerprint density at radius 3 is 2.93 bits per heavy atom. The number of rotatable bonds is 7. The molecule has 3 aromatic rings. The monoisotopic (exact) mass is 384 g/mol. The number of pyridine rings is 1. The Bertz CT molecular complexity index is 1010. The number of hydrogen-bond donors (Lipinski definition) is 1. The van der Waals surface area contributed by atoms with E-state index < -0.39 is 0 Å². The minimum Gasteiger partial charge on any atom is -0.350 e. The van der Waals surface area contributed by atoms with Crippen LogP contribution in [0.5, 0.6) is 0 Å². The molecule has 0 saturated carbocycles. The summed E-state index contributed by atoms with van der Waals surface area (Å²) in [7, 11) is 0. The average Bonchev–Trinajstić information content (AvgIpc) is 3.16. The minimum atomic E-state index is -0.0336. The van der Waals surface area contributed by atoms with Crippen molar-refractivity contribution in [3.63, 3.8) is 0 Å². The van der Waals surface area contributed by atoms with Crippen molar-refractivity contribution < 1.29 is 4.79 Å². The highest BCUT2D eigenvalue weighted by atomic mass is 35.5. The molecule has 0 unspecified atom stereocenters. The van der Waals surface area contributed by atoms with Crippen LogP contribution in [0.1, 0.15) is 35.5 Å². The van der Waals surface area contributed by atoms with E-state index in [1.54, 1.807) is 12.3 Å². The molecular formula is C19H21ClN6O. The van der Waals surface area contributed by atoms with E-state index in [0.29, 0.717) is 37.4 Å². The number of amides is 1. The Kier molecular flexibility index (Phi) is 5.77. The van der Waals surface area contributed by atoms with Gasteiger partial charge in [-0.05, 0) is 38.0 Å². The Morgan fingerprint density at radius 2 is 2.15 bits per heavy atom. The third-order valence-electron chi connectivity index (χ3n) is 4.50. The van der Waals surface area contributed by atoms with Gasteiger partial charge in [-0.15, -0.1) is 0 Å². The lowest BCUT2D eigenvalue weighted by molar-refractivity contribution is -0.121. The summed E-state index contributed by atoms with van der Waals surface area (Å²) >= 11 is 5.97. The van der Waals surface area contributed by atoms with Gasteiger partial charge in [-0.3, -0.25) is 9.48 Å². The van der Waals surface area contributed by atoms with Crippen molar-refractivity contribution in [2.24, 2.45) is 0 Å². The van der Waals surface area contributed by atoms with Gasteiger partial charge < -0.3 is 9.72 Å². The maximum absolute atomic E-state index is 12.2. The molecule has 0 saturated heterocycles. The lowest BCUT2D eigenvalue weighted by atomic mass is 10.1. The van der Waals surface area contributed by atoms with E-state index >= 15 is 0 Å². The normalized spacial score (nSPS) is 10.9. The fourth-order valence-electron chi connectivity index (χ4n) is 3.09. The molecule has 0 aliphatic heterocycles. The maximum atomic E-state index is 12.2. The van der Waals surface area contributed by atoms with E-state index in [9.17, 15) is 4.79 Å². The molecule has 27 heavy (non-hydrogen) atoms. The van der Waals surface area contributed by atoms with Crippen LogP contribution in [-0.2, 0) is 24.3 Å². The fourth-order valence-corrected chi connectivity index (χ4v) is 3.26. The molecule has 1 N–H and O–H groups in total. The highest BCUT2D eigenvalue weighted by Gasteiger charge is 2.13. The van der Waals surface area contributed by atoms with Gasteiger partial charge in [0.2, 0.25) is 5.91 Å². The molecule has 0 radical (unpaired) electrons. The van der Waals surface area contributed by atoms with Crippen LogP contribution in [0, 0.1) is 25.2 Å². The highest BCUT2D eigenvalue weighted by Crippen LogP contribution is 2.16. The molecule has 3 aromatic heterocycles. The summed E-state index contributed by atoms with van der Waals surface area (Å²) in [4.78, 5) is 16.7. The second-order valence-electron chi connectivity index (χ2n) is 6.40. The smallest absolute Gasteiger partial charge is 0.220 e. The zero-order chi connectivity index (χ0) is 19.4. The van der Waals surface area contributed by atoms with Gasteiger partial charge in [0.05, 0.1) is 42.0 Å². The largest absolute Gasteiger partial charge is 0.350 e. The molecule has 7 nitrogen and oxygen atoms in total. The number of imidazole rings is 1. The van der Waals surface area contributed by atoms with Gasteiger partial charge in [0.1, 0.15) is 5.65 Å². The molecular weight excluding hydrogens is 364 g/mol. The van der Waals surface area contributed by atoms with Crippen LogP contribution in [0.3, 0.4) is 0 Å². The van der Waals surface area contributed by atoms with Crippen LogP contribution in [0.15, 0.2) is 24.5 Å². The Balaban J connectivity index is 1.55. The van der Waals surface area contributed by atoms with E-state index in [1.165, 1.54) is 0 Å². The number of carbonyl (C=O) groups excluding carboxylic acids is 1. The third-order valence-corrected chi connectivity index (χ3v) is 4.72. The van der Waals surface area contributed by atoms with Crippen molar-refractivity contribution in [1.82, 2.24) is 24.5 Å². The van der Waals surface area contributed by atoms with Crippen LogP contribution < -0.4 is 5.32 Å². The first-order chi connectivity index (χ1) is 13.0. The number of nitrogens with zero attached hydrogens (tertiary/aromatic N) is 5. The van der Waals surface area contributed by atoms with Gasteiger partial charge in [-0.2, -0.15) is 10.4 Å². The topological polar surface area (TPSA) is 88.0 Å². The zero-order valence-electron chi connectivity index (χ0n) is 15.4. The van der Waals surface area contributed by atoms with E-state index in [4.69, 9.17) is 16.9 Å². The van der Waals surface area contributed by atoms with Crippen molar-refractivity contribution in [2.45, 2.75) is 46.2 Å². The van der Waals surface area contributed by atoms with Gasteiger partial charge >= 0.3 is 0 Å². The van der Waals surface area contributed by atoms with Crippen LogP contribution in [0.4, 0.5) is 0 Å². The minimum absolute atomic E-state index is 0.0336. The number of aryl methyl sites for hydroxylation is 2. The predicted molar refractivity (Wildman–Crippen MR) is 102 cm³/mol. The van der Waals surface area contributed by atoms with Crippen molar-refractivity contribution in [3.05, 3.63) is 52.2 Å². The van der Waals surface area contributed by atoms with Crippen molar-refractivity contribution >= 4 is 23.2 Å². The van der Waals surface area contributed by atoms with E-state index in [-0.39, 0.29) is 5.91 Å². The first-order valence-corrected chi connectivity index (χ1v) is 9.15. The van der Waals surface area contributed by atoms with Crippen LogP contribution in [0.2, 0.25) is 5.02 Å². The summed E-state index contributed by atoms with van der Waals surface area (Å²) in [5, 5.41) is 16.7. The molecule has 8 heteroatoms. The number of halogens is 1. The number of aromatic nitrogens is 4. The lowest BCUT2D eigenvalue weighted by Gasteiger charge is -2.05. The average molecular weight is 385 g/mol. The number of hydrogen-bond acceptors (Lipinski definition) is 4. The van der Waals surface area contributed by atoms with Gasteiger partial charge in [0.15, 0.2) is 0 Å². The molecule has 0 aliphatic carbocycles. The maximum Gasteiger partial charge on any atom is 0.220 e. The summed E-state index contributed by atoms with van der Waals surface area (Å²) in [5.41, 5.74) is 4.58. The Hall–Kier alpha value is -2.85. The van der Waals surface area contributed by atoms with Gasteiger partial charge in [-0.1, -0.05) is 11.6 Å². The van der Waals surface area contributed by atoms with Crippen LogP contribution in [-0.4, -0.2) is 25.1 Å². The molecule has 3 rings (SSSR count). The van der Waals surface area contributed by atoms with Crippen LogP contribution >= 0.6 is 11.6 Å². The SMILES string of the molecule is Cc1nn(CCC#N)c(C)c1CCC(=O)NCc1cn2cc(Cl)ccc2n1. The second-order valence-corrected chi connectivity index (χ2v) is 6.84. The summed E-state index contributed by atoms with van der Waals surface area (Å²) in [6.45, 7) is 4.86. The fraction of sp³-hybridized carbons (Fsp3) is 0.368. The third kappa shape index (κ3) is 4.47. The quantitative estimate of drug-likeness (QED) is 0.678. The molecule has 0 atom stereocenters. The van der Waals surface area contributed by atoms with Gasteiger partial charge in [0.25, 0.3) is 0 Å². The molecule has 3 heterocycles. The summed E-state index contributed by atoms with van der Waals surface area (Å²) in [6.07, 6.45) is 5.06. The lowest BCUT2D eigenvalue weighted by Crippen LogP contribution is -2.23. The number of carbonyl (C=O) groups is 1. The van der Waals surface area contributed by atoms with Crippen molar-refractivity contribution in [2.75, 3.05) is 0 Å². The molecule has 0 spiro atoms. The first kappa shape index (κ1) is 18.9. The Labute approximate surface area is 162 Å². The predicted octanol–water partition coefficient (Wildman–Crippen LogP) is 2.96. The molecule has 0 bridgehead atoms. The number of fused-ring (bicyclic) bond motifs is 1.